The van der Waals surface area contributed by atoms with Crippen molar-refractivity contribution >= 4 is 66.4 Å². The second kappa shape index (κ2) is 14.3. The van der Waals surface area contributed by atoms with Gasteiger partial charge >= 0.3 is 0 Å². The minimum Gasteiger partial charge on any atom is -0.456 e. The van der Waals surface area contributed by atoms with Crippen LogP contribution >= 0.6 is 0 Å². The molecular formula is C57H38N4O2. The fourth-order valence-electron chi connectivity index (χ4n) is 10.0. The van der Waals surface area contributed by atoms with Crippen molar-refractivity contribution in [2.24, 2.45) is 0 Å². The number of anilines is 2. The van der Waals surface area contributed by atoms with Gasteiger partial charge in [0.15, 0.2) is 17.5 Å². The monoisotopic (exact) mass is 810 g/mol. The van der Waals surface area contributed by atoms with Crippen molar-refractivity contribution in [3.63, 3.8) is 0 Å². The molecule has 0 spiro atoms. The van der Waals surface area contributed by atoms with Gasteiger partial charge in [0, 0.05) is 66.8 Å². The second-order valence-corrected chi connectivity index (χ2v) is 16.5. The van der Waals surface area contributed by atoms with E-state index in [0.29, 0.717) is 17.5 Å². The predicted molar refractivity (Wildman–Crippen MR) is 255 cm³/mol. The van der Waals surface area contributed by atoms with E-state index in [4.69, 9.17) is 23.8 Å². The Labute approximate surface area is 363 Å². The number of rotatable bonds is 6. The van der Waals surface area contributed by atoms with Crippen molar-refractivity contribution in [2.75, 3.05) is 4.90 Å². The fourth-order valence-corrected chi connectivity index (χ4v) is 10.0. The van der Waals surface area contributed by atoms with Crippen LogP contribution in [0.25, 0.3) is 89.2 Å². The molecular weight excluding hydrogens is 773 g/mol. The lowest BCUT2D eigenvalue weighted by molar-refractivity contribution is 0.667. The van der Waals surface area contributed by atoms with Crippen molar-refractivity contribution in [1.29, 1.82) is 0 Å². The largest absolute Gasteiger partial charge is 0.456 e. The molecule has 6 heteroatoms. The van der Waals surface area contributed by atoms with Gasteiger partial charge in [0.1, 0.15) is 22.3 Å². The molecule has 13 rings (SSSR count). The van der Waals surface area contributed by atoms with Gasteiger partial charge in [0.2, 0.25) is 0 Å². The number of nitrogens with zero attached hydrogens (tertiary/aromatic N) is 4. The number of aromatic nitrogens is 3. The van der Waals surface area contributed by atoms with E-state index in [0.717, 1.165) is 91.0 Å². The van der Waals surface area contributed by atoms with E-state index < -0.39 is 0 Å². The molecule has 0 radical (unpaired) electrons. The molecule has 1 aliphatic heterocycles. The summed E-state index contributed by atoms with van der Waals surface area (Å²) in [5.41, 5.74) is 15.6. The highest BCUT2D eigenvalue weighted by atomic mass is 16.3. The van der Waals surface area contributed by atoms with Gasteiger partial charge in [-0.1, -0.05) is 140 Å². The first-order valence-electron chi connectivity index (χ1n) is 21.7. The molecule has 2 aliphatic carbocycles. The van der Waals surface area contributed by atoms with Crippen LogP contribution < -0.4 is 4.90 Å². The summed E-state index contributed by atoms with van der Waals surface area (Å²) < 4.78 is 13.4. The van der Waals surface area contributed by atoms with Gasteiger partial charge < -0.3 is 13.7 Å². The summed E-state index contributed by atoms with van der Waals surface area (Å²) in [6, 6.07) is 54.9. The van der Waals surface area contributed by atoms with Crippen LogP contribution in [0.5, 0.6) is 0 Å². The topological polar surface area (TPSA) is 68.2 Å². The third-order valence-electron chi connectivity index (χ3n) is 12.9. The van der Waals surface area contributed by atoms with Gasteiger partial charge in [0.05, 0.1) is 0 Å². The summed E-state index contributed by atoms with van der Waals surface area (Å²) in [5.74, 6) is 1.97. The van der Waals surface area contributed by atoms with Gasteiger partial charge in [-0.2, -0.15) is 0 Å². The van der Waals surface area contributed by atoms with E-state index in [-0.39, 0.29) is 5.92 Å². The Morgan fingerprint density at radius 3 is 2.11 bits per heavy atom. The quantitative estimate of drug-likeness (QED) is 0.167. The number of benzene rings is 7. The predicted octanol–water partition coefficient (Wildman–Crippen LogP) is 15.0. The van der Waals surface area contributed by atoms with E-state index in [2.05, 4.69) is 138 Å². The molecule has 0 amide bonds. The minimum atomic E-state index is 0.223. The zero-order valence-corrected chi connectivity index (χ0v) is 34.2. The molecule has 3 aliphatic rings. The number of allylic oxidation sites excluding steroid dienone is 8. The van der Waals surface area contributed by atoms with Gasteiger partial charge in [-0.25, -0.2) is 15.0 Å². The maximum absolute atomic E-state index is 6.89. The molecule has 6 nitrogen and oxygen atoms in total. The summed E-state index contributed by atoms with van der Waals surface area (Å²) in [5, 5.41) is 4.19. The number of para-hydroxylation sites is 4. The minimum absolute atomic E-state index is 0.223. The summed E-state index contributed by atoms with van der Waals surface area (Å²) in [6.07, 6.45) is 14.3. The molecule has 298 valence electrons. The van der Waals surface area contributed by atoms with Crippen molar-refractivity contribution in [3.05, 3.63) is 210 Å². The third kappa shape index (κ3) is 5.75. The summed E-state index contributed by atoms with van der Waals surface area (Å²) >= 11 is 0. The summed E-state index contributed by atoms with van der Waals surface area (Å²) in [6.45, 7) is 0. The molecule has 0 N–H and O–H groups in total. The molecule has 7 aromatic carbocycles. The first-order chi connectivity index (χ1) is 31.2. The van der Waals surface area contributed by atoms with Crippen molar-refractivity contribution in [2.45, 2.75) is 25.2 Å². The number of hydrogen-bond acceptors (Lipinski definition) is 6. The Balaban J connectivity index is 0.974. The third-order valence-corrected chi connectivity index (χ3v) is 12.9. The average molecular weight is 811 g/mol. The van der Waals surface area contributed by atoms with Gasteiger partial charge in [-0.15, -0.1) is 0 Å². The lowest BCUT2D eigenvalue weighted by atomic mass is 9.84. The van der Waals surface area contributed by atoms with Gasteiger partial charge in [-0.05, 0) is 90.1 Å². The van der Waals surface area contributed by atoms with Crippen LogP contribution in [0, 0.1) is 0 Å². The van der Waals surface area contributed by atoms with Crippen LogP contribution in [0.1, 0.15) is 41.9 Å². The van der Waals surface area contributed by atoms with Gasteiger partial charge in [-0.3, -0.25) is 0 Å². The Bertz CT molecular complexity index is 3610. The van der Waals surface area contributed by atoms with Crippen LogP contribution in [-0.4, -0.2) is 15.0 Å². The molecule has 0 saturated carbocycles. The van der Waals surface area contributed by atoms with Gasteiger partial charge in [0.25, 0.3) is 0 Å². The zero-order chi connectivity index (χ0) is 41.4. The maximum atomic E-state index is 6.89. The highest BCUT2D eigenvalue weighted by Gasteiger charge is 2.37. The normalized spacial score (nSPS) is 15.8. The van der Waals surface area contributed by atoms with Crippen molar-refractivity contribution in [1.82, 2.24) is 15.0 Å². The molecule has 1 atom stereocenters. The summed E-state index contributed by atoms with van der Waals surface area (Å²) in [7, 11) is 0. The van der Waals surface area contributed by atoms with Crippen molar-refractivity contribution < 1.29 is 8.83 Å². The lowest BCUT2D eigenvalue weighted by Crippen LogP contribution is -2.15. The van der Waals surface area contributed by atoms with Crippen LogP contribution in [0.2, 0.25) is 0 Å². The smallest absolute Gasteiger partial charge is 0.164 e. The van der Waals surface area contributed by atoms with Crippen LogP contribution in [0.4, 0.5) is 11.4 Å². The molecule has 0 saturated heterocycles. The fraction of sp³-hybridized carbons (Fsp3) is 0.0702. The number of hydrogen-bond donors (Lipinski definition) is 0. The number of fused-ring (bicyclic) bond motifs is 9. The van der Waals surface area contributed by atoms with E-state index in [1.807, 2.05) is 54.6 Å². The lowest BCUT2D eigenvalue weighted by Gasteiger charge is -2.26. The Morgan fingerprint density at radius 2 is 1.24 bits per heavy atom. The second-order valence-electron chi connectivity index (χ2n) is 16.5. The first-order valence-corrected chi connectivity index (χ1v) is 21.7. The maximum Gasteiger partial charge on any atom is 0.164 e. The van der Waals surface area contributed by atoms with Crippen LogP contribution in [0.15, 0.2) is 203 Å². The zero-order valence-electron chi connectivity index (χ0n) is 34.2. The molecule has 3 aromatic heterocycles. The molecule has 10 aromatic rings. The molecule has 1 unspecified atom stereocenters. The Morgan fingerprint density at radius 1 is 0.524 bits per heavy atom. The molecule has 0 fully saturated rings. The molecule has 63 heavy (non-hydrogen) atoms. The highest BCUT2D eigenvalue weighted by Crippen LogP contribution is 2.53. The molecule has 4 heterocycles. The Hall–Kier alpha value is -8.09. The van der Waals surface area contributed by atoms with E-state index in [1.54, 1.807) is 0 Å². The highest BCUT2D eigenvalue weighted by molar-refractivity contribution is 6.15. The standard InChI is InChI=1S/C57H38N4O2/c1-4-16-35(17-5-1)45-33-38(34-51-52(45)42-23-11-13-28-49(42)62-51)56-58-55(36-18-6-2-7-19-36)59-57(60-56)44-26-15-29-50-53(44)43-25-14-24-40(54(43)63-50)37-30-31-48-46(32-37)41-22-10-12-27-47(41)61(48)39-20-8-3-9-21-39/h2-4,6-31,33-34,46H,1,5,32H2. The van der Waals surface area contributed by atoms with Crippen molar-refractivity contribution in [3.8, 4) is 34.2 Å². The first kappa shape index (κ1) is 35.6. The molecule has 0 bridgehead atoms. The SMILES string of the molecule is C1=CC(c2cc(-c3nc(-c4ccccc4)nc(-c4cccc5oc6c(C7=CC=C8C(C7)c7ccccc7N8c7ccccc7)cccc6c45)n3)cc3oc4ccccc4c23)=CCC1. The Kier molecular flexibility index (Phi) is 8.06. The average Bonchev–Trinajstić information content (AvgIpc) is 4.04. The number of furan rings is 2. The van der Waals surface area contributed by atoms with E-state index in [1.165, 1.54) is 33.8 Å². The van der Waals surface area contributed by atoms with Crippen LogP contribution in [-0.2, 0) is 0 Å². The summed E-state index contributed by atoms with van der Waals surface area (Å²) in [4.78, 5) is 18.1. The van der Waals surface area contributed by atoms with E-state index >= 15 is 0 Å². The van der Waals surface area contributed by atoms with E-state index in [9.17, 15) is 0 Å². The van der Waals surface area contributed by atoms with Crippen LogP contribution in [0.3, 0.4) is 0 Å².